The molecule has 2 bridgehead atoms. The Morgan fingerprint density at radius 1 is 1.03 bits per heavy atom. The minimum atomic E-state index is 0.182. The molecule has 4 heteroatoms. The Bertz CT molecular complexity index is 883. The third kappa shape index (κ3) is 5.35. The van der Waals surface area contributed by atoms with Gasteiger partial charge in [0.1, 0.15) is 5.75 Å². The first-order chi connectivity index (χ1) is 15.4. The Morgan fingerprint density at radius 2 is 1.72 bits per heavy atom. The number of piperidine rings is 1. The molecule has 1 N–H and O–H groups in total. The first-order valence-electron chi connectivity index (χ1n) is 12.3. The minimum absolute atomic E-state index is 0.182. The van der Waals surface area contributed by atoms with Crippen LogP contribution < -0.4 is 0 Å². The molecular formula is C28H38N2O2. The van der Waals surface area contributed by atoms with Crippen LogP contribution in [0, 0.1) is 5.92 Å². The maximum atomic E-state index is 13.2. The molecule has 2 aliphatic heterocycles. The first kappa shape index (κ1) is 22.8. The van der Waals surface area contributed by atoms with E-state index in [2.05, 4.69) is 60.9 Å². The van der Waals surface area contributed by atoms with Crippen LogP contribution in [0.25, 0.3) is 0 Å². The third-order valence-corrected chi connectivity index (χ3v) is 7.33. The summed E-state index contributed by atoms with van der Waals surface area (Å²) in [6.07, 6.45) is 5.37. The van der Waals surface area contributed by atoms with Crippen LogP contribution in [0.1, 0.15) is 69.9 Å². The van der Waals surface area contributed by atoms with Gasteiger partial charge in [-0.1, -0.05) is 56.3 Å². The molecule has 2 aromatic rings. The van der Waals surface area contributed by atoms with Crippen LogP contribution in [-0.2, 0) is 11.3 Å². The lowest BCUT2D eigenvalue weighted by Gasteiger charge is -2.42. The summed E-state index contributed by atoms with van der Waals surface area (Å²) in [6, 6.07) is 19.5. The fraction of sp³-hybridized carbons (Fsp3) is 0.536. The highest BCUT2D eigenvalue weighted by atomic mass is 16.3. The number of aromatic hydroxyl groups is 1. The summed E-state index contributed by atoms with van der Waals surface area (Å²) in [5.74, 6) is 1.51. The quantitative estimate of drug-likeness (QED) is 0.591. The maximum Gasteiger partial charge on any atom is 0.223 e. The number of amides is 1. The van der Waals surface area contributed by atoms with Crippen molar-refractivity contribution in [2.45, 2.75) is 83.5 Å². The highest BCUT2D eigenvalue weighted by Crippen LogP contribution is 2.43. The molecule has 1 amide bonds. The van der Waals surface area contributed by atoms with E-state index in [-0.39, 0.29) is 11.9 Å². The molecule has 32 heavy (non-hydrogen) atoms. The van der Waals surface area contributed by atoms with Gasteiger partial charge in [0.05, 0.1) is 0 Å². The number of nitrogens with zero attached hydrogens (tertiary/aromatic N) is 2. The zero-order valence-corrected chi connectivity index (χ0v) is 19.8. The van der Waals surface area contributed by atoms with E-state index in [1.165, 1.54) is 24.0 Å². The second kappa shape index (κ2) is 10.1. The van der Waals surface area contributed by atoms with Gasteiger partial charge in [0, 0.05) is 37.6 Å². The summed E-state index contributed by atoms with van der Waals surface area (Å²) in [7, 11) is 0. The van der Waals surface area contributed by atoms with Crippen molar-refractivity contribution in [1.29, 1.82) is 0 Å². The van der Waals surface area contributed by atoms with Crippen molar-refractivity contribution in [1.82, 2.24) is 9.80 Å². The van der Waals surface area contributed by atoms with E-state index in [0.29, 0.717) is 42.6 Å². The van der Waals surface area contributed by atoms with Crippen LogP contribution in [0.4, 0.5) is 0 Å². The summed E-state index contributed by atoms with van der Waals surface area (Å²) in [4.78, 5) is 18.0. The average Bonchev–Trinajstić information content (AvgIpc) is 2.99. The van der Waals surface area contributed by atoms with Crippen molar-refractivity contribution in [2.24, 2.45) is 5.92 Å². The van der Waals surface area contributed by atoms with Crippen LogP contribution in [0.2, 0.25) is 0 Å². The molecule has 0 unspecified atom stereocenters. The van der Waals surface area contributed by atoms with Crippen molar-refractivity contribution in [3.63, 3.8) is 0 Å². The lowest BCUT2D eigenvalue weighted by Crippen LogP contribution is -2.50. The number of fused-ring (bicyclic) bond motifs is 2. The van der Waals surface area contributed by atoms with E-state index in [1.807, 2.05) is 18.2 Å². The predicted molar refractivity (Wildman–Crippen MR) is 130 cm³/mol. The summed E-state index contributed by atoms with van der Waals surface area (Å²) in [6.45, 7) is 8.09. The smallest absolute Gasteiger partial charge is 0.223 e. The lowest BCUT2D eigenvalue weighted by atomic mass is 9.85. The SMILES string of the molecule is CC(C)CC(=O)N(Cc1ccccc1)[C@H](C)CN1[C@@H]2CC[C@H]1C[C@@H](c1cccc(O)c1)C2. The van der Waals surface area contributed by atoms with Gasteiger partial charge in [-0.3, -0.25) is 9.69 Å². The first-order valence-corrected chi connectivity index (χ1v) is 12.3. The number of carbonyl (C=O) groups excluding carboxylic acids is 1. The highest BCUT2D eigenvalue weighted by molar-refractivity contribution is 5.76. The van der Waals surface area contributed by atoms with Crippen LogP contribution in [0.15, 0.2) is 54.6 Å². The molecule has 4 atom stereocenters. The molecule has 0 saturated carbocycles. The normalized spacial score (nSPS) is 23.9. The molecule has 172 valence electrons. The zero-order chi connectivity index (χ0) is 22.7. The molecule has 0 radical (unpaired) electrons. The van der Waals surface area contributed by atoms with Gasteiger partial charge in [0.2, 0.25) is 5.91 Å². The average molecular weight is 435 g/mol. The lowest BCUT2D eigenvalue weighted by molar-refractivity contribution is -0.135. The van der Waals surface area contributed by atoms with Crippen LogP contribution in [0.5, 0.6) is 5.75 Å². The van der Waals surface area contributed by atoms with Crippen molar-refractivity contribution in [3.05, 3.63) is 65.7 Å². The van der Waals surface area contributed by atoms with E-state index in [1.54, 1.807) is 6.07 Å². The Hall–Kier alpha value is -2.33. The van der Waals surface area contributed by atoms with Gasteiger partial charge in [-0.2, -0.15) is 0 Å². The fourth-order valence-electron chi connectivity index (χ4n) is 5.76. The second-order valence-corrected chi connectivity index (χ2v) is 10.3. The summed E-state index contributed by atoms with van der Waals surface area (Å²) in [5, 5.41) is 9.91. The van der Waals surface area contributed by atoms with Gasteiger partial charge in [0.15, 0.2) is 0 Å². The molecule has 4 nitrogen and oxygen atoms in total. The number of rotatable bonds is 8. The van der Waals surface area contributed by atoms with E-state index in [4.69, 9.17) is 0 Å². The Balaban J connectivity index is 1.45. The maximum absolute atomic E-state index is 13.2. The van der Waals surface area contributed by atoms with E-state index in [9.17, 15) is 9.90 Å². The molecule has 2 aliphatic rings. The van der Waals surface area contributed by atoms with E-state index in [0.717, 1.165) is 19.4 Å². The van der Waals surface area contributed by atoms with Crippen molar-refractivity contribution in [2.75, 3.05) is 6.54 Å². The fourth-order valence-corrected chi connectivity index (χ4v) is 5.76. The molecule has 4 rings (SSSR count). The second-order valence-electron chi connectivity index (χ2n) is 10.3. The molecule has 2 fully saturated rings. The molecular weight excluding hydrogens is 396 g/mol. The predicted octanol–water partition coefficient (Wildman–Crippen LogP) is 5.57. The summed E-state index contributed by atoms with van der Waals surface area (Å²) in [5.41, 5.74) is 2.47. The third-order valence-electron chi connectivity index (χ3n) is 7.33. The van der Waals surface area contributed by atoms with E-state index >= 15 is 0 Å². The minimum Gasteiger partial charge on any atom is -0.508 e. The monoisotopic (exact) mass is 434 g/mol. The summed E-state index contributed by atoms with van der Waals surface area (Å²) < 4.78 is 0. The number of benzene rings is 2. The number of hydrogen-bond donors (Lipinski definition) is 1. The molecule has 2 saturated heterocycles. The van der Waals surface area contributed by atoms with Crippen molar-refractivity contribution in [3.8, 4) is 5.75 Å². The highest BCUT2D eigenvalue weighted by Gasteiger charge is 2.42. The van der Waals surface area contributed by atoms with Crippen LogP contribution >= 0.6 is 0 Å². The standard InChI is InChI=1S/C28H38N2O2/c1-20(2)14-28(32)29(19-22-8-5-4-6-9-22)21(3)18-30-25-12-13-26(30)16-24(15-25)23-10-7-11-27(31)17-23/h4-11,17,20-21,24-26,31H,12-16,18-19H2,1-3H3/t21-,24-,25+,26-/m1/s1. The van der Waals surface area contributed by atoms with Gasteiger partial charge in [-0.25, -0.2) is 0 Å². The molecule has 0 aromatic heterocycles. The topological polar surface area (TPSA) is 43.8 Å². The summed E-state index contributed by atoms with van der Waals surface area (Å²) >= 11 is 0. The van der Waals surface area contributed by atoms with Gasteiger partial charge in [0.25, 0.3) is 0 Å². The molecule has 2 heterocycles. The number of hydrogen-bond acceptors (Lipinski definition) is 3. The van der Waals surface area contributed by atoms with Gasteiger partial charge in [-0.15, -0.1) is 0 Å². The van der Waals surface area contributed by atoms with Crippen LogP contribution in [-0.4, -0.2) is 45.5 Å². The van der Waals surface area contributed by atoms with Gasteiger partial charge >= 0.3 is 0 Å². The molecule has 0 spiro atoms. The van der Waals surface area contributed by atoms with Gasteiger partial charge < -0.3 is 10.0 Å². The largest absolute Gasteiger partial charge is 0.508 e. The molecule has 0 aliphatic carbocycles. The van der Waals surface area contributed by atoms with Gasteiger partial charge in [-0.05, 0) is 67.7 Å². The molecule has 2 aromatic carbocycles. The van der Waals surface area contributed by atoms with Crippen molar-refractivity contribution >= 4 is 5.91 Å². The van der Waals surface area contributed by atoms with Crippen molar-refractivity contribution < 1.29 is 9.90 Å². The number of phenols is 1. The zero-order valence-electron chi connectivity index (χ0n) is 19.8. The Labute approximate surface area is 193 Å². The Kier molecular flexibility index (Phi) is 7.20. The van der Waals surface area contributed by atoms with Crippen LogP contribution in [0.3, 0.4) is 0 Å². The van der Waals surface area contributed by atoms with E-state index < -0.39 is 0 Å². The number of phenolic OH excluding ortho intramolecular Hbond substituents is 1. The number of carbonyl (C=O) groups is 1. The Morgan fingerprint density at radius 3 is 2.34 bits per heavy atom.